The predicted molar refractivity (Wildman–Crippen MR) is 79.8 cm³/mol. The van der Waals surface area contributed by atoms with Gasteiger partial charge in [-0.15, -0.1) is 0 Å². The van der Waals surface area contributed by atoms with E-state index in [0.717, 1.165) is 12.8 Å². The highest BCUT2D eigenvalue weighted by molar-refractivity contribution is 9.10. The molecule has 2 aromatic heterocycles. The van der Waals surface area contributed by atoms with Crippen molar-refractivity contribution in [3.05, 3.63) is 40.5 Å². The molecular weight excluding hydrogens is 354 g/mol. The Bertz CT molecular complexity index is 701. The molecule has 0 atom stereocenters. The first-order valence-electron chi connectivity index (χ1n) is 6.85. The fraction of sp³-hybridized carbons (Fsp3) is 0.357. The molecule has 1 N–H and O–H groups in total. The molecule has 0 aromatic carbocycles. The van der Waals surface area contributed by atoms with Gasteiger partial charge in [0.2, 0.25) is 0 Å². The molecule has 1 aliphatic rings. The standard InChI is InChI=1S/C14H14BrN3O4/c15-12-5-9(8-22-12)13(19)17-3-1-11(2-4-17)18-7-10(6-16-18)14(20)21/h5-8,11H,1-4H2,(H,20,21). The van der Waals surface area contributed by atoms with E-state index in [0.29, 0.717) is 23.3 Å². The summed E-state index contributed by atoms with van der Waals surface area (Å²) in [4.78, 5) is 24.9. The molecule has 0 aliphatic carbocycles. The van der Waals surface area contributed by atoms with Crippen LogP contribution in [0.3, 0.4) is 0 Å². The molecule has 0 radical (unpaired) electrons. The monoisotopic (exact) mass is 367 g/mol. The van der Waals surface area contributed by atoms with Gasteiger partial charge in [-0.2, -0.15) is 5.10 Å². The first kappa shape index (κ1) is 14.8. The first-order chi connectivity index (χ1) is 10.5. The second-order valence-electron chi connectivity index (χ2n) is 5.18. The molecule has 0 bridgehead atoms. The maximum absolute atomic E-state index is 12.3. The van der Waals surface area contributed by atoms with Gasteiger partial charge in [0.05, 0.1) is 23.4 Å². The van der Waals surface area contributed by atoms with Gasteiger partial charge in [0.25, 0.3) is 5.91 Å². The van der Waals surface area contributed by atoms with Crippen LogP contribution in [0.5, 0.6) is 0 Å². The van der Waals surface area contributed by atoms with Crippen LogP contribution in [0.4, 0.5) is 0 Å². The van der Waals surface area contributed by atoms with E-state index < -0.39 is 5.97 Å². The molecule has 1 fully saturated rings. The number of carbonyl (C=O) groups excluding carboxylic acids is 1. The van der Waals surface area contributed by atoms with E-state index in [1.807, 2.05) is 0 Å². The second-order valence-corrected chi connectivity index (χ2v) is 5.96. The fourth-order valence-corrected chi connectivity index (χ4v) is 2.93. The summed E-state index contributed by atoms with van der Waals surface area (Å²) < 4.78 is 7.30. The maximum Gasteiger partial charge on any atom is 0.338 e. The van der Waals surface area contributed by atoms with E-state index in [1.165, 1.54) is 18.7 Å². The number of carbonyl (C=O) groups is 2. The number of furan rings is 1. The summed E-state index contributed by atoms with van der Waals surface area (Å²) in [6, 6.07) is 1.77. The number of aromatic carboxylic acids is 1. The molecule has 8 heteroatoms. The average Bonchev–Trinajstić information content (AvgIpc) is 3.16. The van der Waals surface area contributed by atoms with Crippen LogP contribution in [0.25, 0.3) is 0 Å². The Morgan fingerprint density at radius 1 is 1.32 bits per heavy atom. The van der Waals surface area contributed by atoms with Gasteiger partial charge in [-0.1, -0.05) is 0 Å². The number of piperidine rings is 1. The van der Waals surface area contributed by atoms with Gasteiger partial charge in [-0.25, -0.2) is 4.79 Å². The third-order valence-electron chi connectivity index (χ3n) is 3.79. The third kappa shape index (κ3) is 2.92. The minimum absolute atomic E-state index is 0.0559. The van der Waals surface area contributed by atoms with Gasteiger partial charge >= 0.3 is 5.97 Å². The molecule has 3 rings (SSSR count). The minimum Gasteiger partial charge on any atom is -0.478 e. The lowest BCUT2D eigenvalue weighted by Gasteiger charge is -2.31. The lowest BCUT2D eigenvalue weighted by Crippen LogP contribution is -2.39. The predicted octanol–water partition coefficient (Wildman–Crippen LogP) is 2.41. The minimum atomic E-state index is -0.982. The molecule has 0 saturated carbocycles. The van der Waals surface area contributed by atoms with Crippen LogP contribution in [0.2, 0.25) is 0 Å². The number of hydrogen-bond donors (Lipinski definition) is 1. The van der Waals surface area contributed by atoms with E-state index in [-0.39, 0.29) is 17.5 Å². The summed E-state index contributed by atoms with van der Waals surface area (Å²) >= 11 is 3.18. The normalized spacial score (nSPS) is 16.0. The Hall–Kier alpha value is -2.09. The van der Waals surface area contributed by atoms with Crippen molar-refractivity contribution in [2.45, 2.75) is 18.9 Å². The van der Waals surface area contributed by atoms with Crippen molar-refractivity contribution in [2.75, 3.05) is 13.1 Å². The van der Waals surface area contributed by atoms with Crippen molar-refractivity contribution in [1.29, 1.82) is 0 Å². The number of rotatable bonds is 3. The van der Waals surface area contributed by atoms with E-state index >= 15 is 0 Å². The molecule has 1 aliphatic heterocycles. The van der Waals surface area contributed by atoms with Gasteiger partial charge in [-0.3, -0.25) is 9.48 Å². The number of halogens is 1. The first-order valence-corrected chi connectivity index (χ1v) is 7.64. The average molecular weight is 368 g/mol. The van der Waals surface area contributed by atoms with Crippen LogP contribution in [-0.4, -0.2) is 44.8 Å². The van der Waals surface area contributed by atoms with Crippen LogP contribution in [0.1, 0.15) is 39.6 Å². The van der Waals surface area contributed by atoms with Crippen molar-refractivity contribution in [1.82, 2.24) is 14.7 Å². The number of likely N-dealkylation sites (tertiary alicyclic amines) is 1. The van der Waals surface area contributed by atoms with Crippen molar-refractivity contribution in [2.24, 2.45) is 0 Å². The van der Waals surface area contributed by atoms with Gasteiger partial charge in [0.1, 0.15) is 6.26 Å². The smallest absolute Gasteiger partial charge is 0.338 e. The van der Waals surface area contributed by atoms with Gasteiger partial charge in [0, 0.05) is 25.4 Å². The summed E-state index contributed by atoms with van der Waals surface area (Å²) in [5, 5.41) is 13.0. The van der Waals surface area contributed by atoms with E-state index in [4.69, 9.17) is 9.52 Å². The number of aromatic nitrogens is 2. The highest BCUT2D eigenvalue weighted by Gasteiger charge is 2.26. The molecule has 0 spiro atoms. The van der Waals surface area contributed by atoms with E-state index in [2.05, 4.69) is 21.0 Å². The zero-order valence-electron chi connectivity index (χ0n) is 11.6. The van der Waals surface area contributed by atoms with Crippen molar-refractivity contribution >= 4 is 27.8 Å². The van der Waals surface area contributed by atoms with E-state index in [9.17, 15) is 9.59 Å². The highest BCUT2D eigenvalue weighted by atomic mass is 79.9. The van der Waals surface area contributed by atoms with Crippen LogP contribution < -0.4 is 0 Å². The third-order valence-corrected chi connectivity index (χ3v) is 4.20. The molecule has 116 valence electrons. The Balaban J connectivity index is 1.62. The Morgan fingerprint density at radius 2 is 2.05 bits per heavy atom. The molecule has 22 heavy (non-hydrogen) atoms. The Labute approximate surface area is 134 Å². The van der Waals surface area contributed by atoms with E-state index in [1.54, 1.807) is 15.6 Å². The molecule has 2 aromatic rings. The number of carboxylic acids is 1. The van der Waals surface area contributed by atoms with Gasteiger partial charge in [0.15, 0.2) is 4.67 Å². The number of hydrogen-bond acceptors (Lipinski definition) is 4. The Morgan fingerprint density at radius 3 is 2.59 bits per heavy atom. The second kappa shape index (κ2) is 5.96. The van der Waals surface area contributed by atoms with Gasteiger partial charge in [-0.05, 0) is 28.8 Å². The zero-order chi connectivity index (χ0) is 15.7. The largest absolute Gasteiger partial charge is 0.478 e. The Kier molecular flexibility index (Phi) is 4.02. The number of carboxylic acid groups (broad SMARTS) is 1. The SMILES string of the molecule is O=C(O)c1cnn(C2CCN(C(=O)c3coc(Br)c3)CC2)c1. The topological polar surface area (TPSA) is 88.6 Å². The van der Waals surface area contributed by atoms with Crippen LogP contribution in [0, 0.1) is 0 Å². The van der Waals surface area contributed by atoms with Crippen LogP contribution in [-0.2, 0) is 0 Å². The van der Waals surface area contributed by atoms with Crippen molar-refractivity contribution in [3.8, 4) is 0 Å². The highest BCUT2D eigenvalue weighted by Crippen LogP contribution is 2.24. The molecule has 3 heterocycles. The molecule has 1 saturated heterocycles. The summed E-state index contributed by atoms with van der Waals surface area (Å²) in [7, 11) is 0. The zero-order valence-corrected chi connectivity index (χ0v) is 13.2. The summed E-state index contributed by atoms with van der Waals surface area (Å²) in [6.07, 6.45) is 5.81. The van der Waals surface area contributed by atoms with Crippen LogP contribution >= 0.6 is 15.9 Å². The van der Waals surface area contributed by atoms with Gasteiger partial charge < -0.3 is 14.4 Å². The maximum atomic E-state index is 12.3. The van der Waals surface area contributed by atoms with Crippen molar-refractivity contribution in [3.63, 3.8) is 0 Å². The lowest BCUT2D eigenvalue weighted by atomic mass is 10.0. The quantitative estimate of drug-likeness (QED) is 0.899. The summed E-state index contributed by atoms with van der Waals surface area (Å²) in [5.41, 5.74) is 0.708. The lowest BCUT2D eigenvalue weighted by molar-refractivity contribution is 0.0687. The van der Waals surface area contributed by atoms with Crippen LogP contribution in [0.15, 0.2) is 33.8 Å². The molecular formula is C14H14BrN3O4. The summed E-state index contributed by atoms with van der Waals surface area (Å²) in [6.45, 7) is 1.21. The number of amides is 1. The summed E-state index contributed by atoms with van der Waals surface area (Å²) in [5.74, 6) is -1.04. The molecule has 1 amide bonds. The fourth-order valence-electron chi connectivity index (χ4n) is 2.59. The number of nitrogens with zero attached hydrogens (tertiary/aromatic N) is 3. The molecule has 7 nitrogen and oxygen atoms in total. The van der Waals surface area contributed by atoms with Crippen molar-refractivity contribution < 1.29 is 19.1 Å². The molecule has 0 unspecified atom stereocenters.